The maximum atomic E-state index is 4.23. The number of unbranched alkanes of at least 4 members (excludes halogenated alkanes) is 9. The third-order valence-electron chi connectivity index (χ3n) is 4.35. The van der Waals surface area contributed by atoms with Crippen LogP contribution >= 0.6 is 0 Å². The standard InChI is InChI=1S/C18H35N3/c1-3-5-7-9-11-13-15-18(21-17-16-19-20-21)14-12-10-8-6-4-2/h16-18H,3-15H2,1-2H3. The van der Waals surface area contributed by atoms with Gasteiger partial charge in [0.2, 0.25) is 0 Å². The molecule has 0 bridgehead atoms. The van der Waals surface area contributed by atoms with Gasteiger partial charge < -0.3 is 0 Å². The van der Waals surface area contributed by atoms with E-state index >= 15 is 0 Å². The summed E-state index contributed by atoms with van der Waals surface area (Å²) in [6, 6.07) is 0.570. The highest BCUT2D eigenvalue weighted by Gasteiger charge is 2.11. The maximum absolute atomic E-state index is 4.23. The Bertz CT molecular complexity index is 308. The van der Waals surface area contributed by atoms with Crippen molar-refractivity contribution in [1.29, 1.82) is 0 Å². The zero-order valence-electron chi connectivity index (χ0n) is 14.3. The second-order valence-corrected chi connectivity index (χ2v) is 6.30. The van der Waals surface area contributed by atoms with Crippen molar-refractivity contribution in [1.82, 2.24) is 15.0 Å². The second-order valence-electron chi connectivity index (χ2n) is 6.30. The van der Waals surface area contributed by atoms with Crippen LogP contribution in [0, 0.1) is 0 Å². The predicted molar refractivity (Wildman–Crippen MR) is 90.4 cm³/mol. The first-order valence-electron chi connectivity index (χ1n) is 9.24. The monoisotopic (exact) mass is 293 g/mol. The molecule has 1 aromatic heterocycles. The lowest BCUT2D eigenvalue weighted by molar-refractivity contribution is 0.360. The zero-order valence-corrected chi connectivity index (χ0v) is 14.3. The van der Waals surface area contributed by atoms with Gasteiger partial charge in [0.15, 0.2) is 0 Å². The topological polar surface area (TPSA) is 30.7 Å². The first-order valence-corrected chi connectivity index (χ1v) is 9.24. The maximum Gasteiger partial charge on any atom is 0.0693 e. The van der Waals surface area contributed by atoms with Crippen molar-refractivity contribution in [3.05, 3.63) is 12.4 Å². The minimum Gasteiger partial charge on any atom is -0.250 e. The molecule has 0 aliphatic heterocycles. The third-order valence-corrected chi connectivity index (χ3v) is 4.35. The van der Waals surface area contributed by atoms with Crippen LogP contribution in [0.3, 0.4) is 0 Å². The molecule has 1 aromatic rings. The van der Waals surface area contributed by atoms with Gasteiger partial charge in [-0.25, -0.2) is 4.68 Å². The molecule has 0 N–H and O–H groups in total. The van der Waals surface area contributed by atoms with Gasteiger partial charge in [-0.15, -0.1) is 5.10 Å². The van der Waals surface area contributed by atoms with Crippen molar-refractivity contribution in [3.8, 4) is 0 Å². The van der Waals surface area contributed by atoms with Crippen LogP contribution in [-0.2, 0) is 0 Å². The van der Waals surface area contributed by atoms with Gasteiger partial charge in [-0.3, -0.25) is 0 Å². The Morgan fingerprint density at radius 1 is 0.762 bits per heavy atom. The molecule has 1 unspecified atom stereocenters. The van der Waals surface area contributed by atoms with E-state index in [1.54, 1.807) is 0 Å². The molecule has 0 amide bonds. The highest BCUT2D eigenvalue weighted by molar-refractivity contribution is 4.73. The van der Waals surface area contributed by atoms with Crippen LogP contribution in [-0.4, -0.2) is 15.0 Å². The molecular formula is C18H35N3. The van der Waals surface area contributed by atoms with E-state index in [0.29, 0.717) is 6.04 Å². The fourth-order valence-electron chi connectivity index (χ4n) is 2.96. The third kappa shape index (κ3) is 8.90. The molecule has 3 nitrogen and oxygen atoms in total. The summed E-state index contributed by atoms with van der Waals surface area (Å²) in [5, 5.41) is 8.21. The molecule has 1 rings (SSSR count). The molecule has 0 aliphatic carbocycles. The van der Waals surface area contributed by atoms with E-state index in [4.69, 9.17) is 0 Å². The summed E-state index contributed by atoms with van der Waals surface area (Å²) < 4.78 is 2.09. The first-order chi connectivity index (χ1) is 10.4. The number of rotatable bonds is 14. The van der Waals surface area contributed by atoms with E-state index in [9.17, 15) is 0 Å². The molecule has 3 heteroatoms. The van der Waals surface area contributed by atoms with E-state index in [1.165, 1.54) is 83.5 Å². The summed E-state index contributed by atoms with van der Waals surface area (Å²) in [6.45, 7) is 4.55. The molecule has 0 radical (unpaired) electrons. The summed E-state index contributed by atoms with van der Waals surface area (Å²) >= 11 is 0. The van der Waals surface area contributed by atoms with Gasteiger partial charge in [-0.1, -0.05) is 89.7 Å². The van der Waals surface area contributed by atoms with Crippen LogP contribution in [0.1, 0.15) is 103 Å². The lowest BCUT2D eigenvalue weighted by atomic mass is 10.0. The van der Waals surface area contributed by atoms with Gasteiger partial charge in [0, 0.05) is 6.20 Å². The van der Waals surface area contributed by atoms with Crippen molar-refractivity contribution < 1.29 is 0 Å². The molecular weight excluding hydrogens is 258 g/mol. The van der Waals surface area contributed by atoms with E-state index in [-0.39, 0.29) is 0 Å². The van der Waals surface area contributed by atoms with Crippen LogP contribution in [0.5, 0.6) is 0 Å². The Hall–Kier alpha value is -0.860. The number of aromatic nitrogens is 3. The van der Waals surface area contributed by atoms with E-state index in [1.807, 2.05) is 12.4 Å². The van der Waals surface area contributed by atoms with Crippen LogP contribution < -0.4 is 0 Å². The molecule has 0 spiro atoms. The van der Waals surface area contributed by atoms with Crippen LogP contribution in [0.25, 0.3) is 0 Å². The van der Waals surface area contributed by atoms with Crippen LogP contribution in [0.2, 0.25) is 0 Å². The fraction of sp³-hybridized carbons (Fsp3) is 0.889. The summed E-state index contributed by atoms with van der Waals surface area (Å²) in [7, 11) is 0. The predicted octanol–water partition coefficient (Wildman–Crippen LogP) is 5.93. The van der Waals surface area contributed by atoms with Gasteiger partial charge >= 0.3 is 0 Å². The van der Waals surface area contributed by atoms with Crippen molar-refractivity contribution >= 4 is 0 Å². The van der Waals surface area contributed by atoms with Gasteiger partial charge in [-0.05, 0) is 12.8 Å². The SMILES string of the molecule is CCCCCCCCC(CCCCCCC)n1ccnn1. The average molecular weight is 293 g/mol. The minimum atomic E-state index is 0.570. The number of hydrogen-bond acceptors (Lipinski definition) is 2. The largest absolute Gasteiger partial charge is 0.250 e. The van der Waals surface area contributed by atoms with Crippen LogP contribution in [0.4, 0.5) is 0 Å². The molecule has 122 valence electrons. The molecule has 1 heterocycles. The average Bonchev–Trinajstić information content (AvgIpc) is 3.02. The molecule has 1 atom stereocenters. The quantitative estimate of drug-likeness (QED) is 0.398. The lowest BCUT2D eigenvalue weighted by Crippen LogP contribution is -2.10. The Morgan fingerprint density at radius 3 is 1.76 bits per heavy atom. The van der Waals surface area contributed by atoms with Gasteiger partial charge in [-0.2, -0.15) is 0 Å². The van der Waals surface area contributed by atoms with Crippen molar-refractivity contribution in [3.63, 3.8) is 0 Å². The van der Waals surface area contributed by atoms with Gasteiger partial charge in [0.25, 0.3) is 0 Å². The Morgan fingerprint density at radius 2 is 1.29 bits per heavy atom. The molecule has 0 aliphatic rings. The van der Waals surface area contributed by atoms with Gasteiger partial charge in [0.05, 0.1) is 12.2 Å². The van der Waals surface area contributed by atoms with Crippen molar-refractivity contribution in [2.45, 2.75) is 103 Å². The fourth-order valence-corrected chi connectivity index (χ4v) is 2.96. The Labute approximate surface area is 131 Å². The molecule has 0 aromatic carbocycles. The van der Waals surface area contributed by atoms with E-state index in [2.05, 4.69) is 28.8 Å². The number of hydrogen-bond donors (Lipinski definition) is 0. The Kier molecular flexibility index (Phi) is 11.1. The Balaban J connectivity index is 2.19. The number of nitrogens with zero attached hydrogens (tertiary/aromatic N) is 3. The molecule has 0 fully saturated rings. The minimum absolute atomic E-state index is 0.570. The smallest absolute Gasteiger partial charge is 0.0693 e. The van der Waals surface area contributed by atoms with E-state index in [0.717, 1.165) is 0 Å². The summed E-state index contributed by atoms with van der Waals surface area (Å²) in [6.07, 6.45) is 21.4. The molecule has 21 heavy (non-hydrogen) atoms. The highest BCUT2D eigenvalue weighted by Crippen LogP contribution is 2.22. The van der Waals surface area contributed by atoms with Crippen molar-refractivity contribution in [2.75, 3.05) is 0 Å². The first kappa shape index (κ1) is 18.2. The normalized spacial score (nSPS) is 12.7. The summed E-state index contributed by atoms with van der Waals surface area (Å²) in [4.78, 5) is 0. The molecule has 0 saturated heterocycles. The second kappa shape index (κ2) is 12.8. The molecule has 0 saturated carbocycles. The van der Waals surface area contributed by atoms with Gasteiger partial charge in [0.1, 0.15) is 0 Å². The highest BCUT2D eigenvalue weighted by atomic mass is 15.4. The lowest BCUT2D eigenvalue weighted by Gasteiger charge is -2.16. The summed E-state index contributed by atoms with van der Waals surface area (Å²) in [5.41, 5.74) is 0. The van der Waals surface area contributed by atoms with Crippen LogP contribution in [0.15, 0.2) is 12.4 Å². The van der Waals surface area contributed by atoms with E-state index < -0.39 is 0 Å². The summed E-state index contributed by atoms with van der Waals surface area (Å²) in [5.74, 6) is 0. The zero-order chi connectivity index (χ0) is 15.2. The van der Waals surface area contributed by atoms with Crippen molar-refractivity contribution in [2.24, 2.45) is 0 Å².